The number of carbonyl (C=O) groups excluding carboxylic acids is 2. The molecule has 1 aromatic rings. The molecule has 0 radical (unpaired) electrons. The number of nitrogens with one attached hydrogen (secondary N) is 1. The fraction of sp³-hybridized carbons (Fsp3) is 0.556. The minimum atomic E-state index is -0.157. The third-order valence-electron chi connectivity index (χ3n) is 4.37. The molecule has 22 heavy (non-hydrogen) atoms. The van der Waals surface area contributed by atoms with Gasteiger partial charge in [0.05, 0.1) is 0 Å². The van der Waals surface area contributed by atoms with Crippen molar-refractivity contribution in [1.29, 1.82) is 0 Å². The Morgan fingerprint density at radius 2 is 1.91 bits per heavy atom. The van der Waals surface area contributed by atoms with Gasteiger partial charge in [0.2, 0.25) is 11.8 Å². The van der Waals surface area contributed by atoms with Gasteiger partial charge in [-0.3, -0.25) is 9.59 Å². The number of aryl methyl sites for hydroxylation is 1. The molecule has 1 fully saturated rings. The van der Waals surface area contributed by atoms with Gasteiger partial charge in [-0.2, -0.15) is 0 Å². The molecule has 1 N–H and O–H groups in total. The van der Waals surface area contributed by atoms with Crippen LogP contribution < -0.4 is 5.32 Å². The second-order valence-corrected chi connectivity index (χ2v) is 6.10. The summed E-state index contributed by atoms with van der Waals surface area (Å²) >= 11 is 0. The lowest BCUT2D eigenvalue weighted by Crippen LogP contribution is -2.34. The maximum atomic E-state index is 12.2. The van der Waals surface area contributed by atoms with E-state index in [2.05, 4.69) is 24.4 Å². The van der Waals surface area contributed by atoms with E-state index in [0.29, 0.717) is 13.0 Å². The van der Waals surface area contributed by atoms with Gasteiger partial charge >= 0.3 is 0 Å². The SMILES string of the molecule is CCc1ccc(CNC(=O)CC2CCCCN(C)C2=O)cc1. The highest BCUT2D eigenvalue weighted by Crippen LogP contribution is 2.20. The zero-order valence-electron chi connectivity index (χ0n) is 13.6. The predicted molar refractivity (Wildman–Crippen MR) is 87.3 cm³/mol. The van der Waals surface area contributed by atoms with Crippen molar-refractivity contribution in [3.8, 4) is 0 Å². The molecule has 2 rings (SSSR count). The van der Waals surface area contributed by atoms with Crippen LogP contribution in [0.1, 0.15) is 43.7 Å². The fourth-order valence-corrected chi connectivity index (χ4v) is 2.86. The van der Waals surface area contributed by atoms with Gasteiger partial charge in [0.25, 0.3) is 0 Å². The number of carbonyl (C=O) groups is 2. The van der Waals surface area contributed by atoms with E-state index < -0.39 is 0 Å². The molecule has 2 amide bonds. The summed E-state index contributed by atoms with van der Waals surface area (Å²) in [5.41, 5.74) is 2.39. The molecule has 1 unspecified atom stereocenters. The van der Waals surface area contributed by atoms with Gasteiger partial charge in [0.15, 0.2) is 0 Å². The van der Waals surface area contributed by atoms with Crippen LogP contribution >= 0.6 is 0 Å². The van der Waals surface area contributed by atoms with Crippen molar-refractivity contribution in [2.75, 3.05) is 13.6 Å². The van der Waals surface area contributed by atoms with Crippen LogP contribution in [-0.2, 0) is 22.6 Å². The average Bonchev–Trinajstić information content (AvgIpc) is 2.69. The number of hydrogen-bond acceptors (Lipinski definition) is 2. The Kier molecular flexibility index (Phi) is 5.99. The zero-order valence-corrected chi connectivity index (χ0v) is 13.6. The molecule has 1 aromatic carbocycles. The molecular weight excluding hydrogens is 276 g/mol. The first-order chi connectivity index (χ1) is 10.6. The van der Waals surface area contributed by atoms with Gasteiger partial charge < -0.3 is 10.2 Å². The van der Waals surface area contributed by atoms with Crippen molar-refractivity contribution in [3.05, 3.63) is 35.4 Å². The van der Waals surface area contributed by atoms with Gasteiger partial charge in [0, 0.05) is 32.5 Å². The van der Waals surface area contributed by atoms with Gasteiger partial charge in [-0.25, -0.2) is 0 Å². The summed E-state index contributed by atoms with van der Waals surface area (Å²) in [4.78, 5) is 26.0. The molecule has 1 aliphatic rings. The monoisotopic (exact) mass is 302 g/mol. The Labute approximate surface area is 132 Å². The van der Waals surface area contributed by atoms with E-state index in [-0.39, 0.29) is 17.7 Å². The molecule has 0 aromatic heterocycles. The quantitative estimate of drug-likeness (QED) is 0.908. The van der Waals surface area contributed by atoms with E-state index in [4.69, 9.17) is 0 Å². The van der Waals surface area contributed by atoms with Crippen LogP contribution in [0, 0.1) is 5.92 Å². The first-order valence-electron chi connectivity index (χ1n) is 8.19. The van der Waals surface area contributed by atoms with Crippen LogP contribution in [0.25, 0.3) is 0 Å². The first-order valence-corrected chi connectivity index (χ1v) is 8.19. The molecule has 0 aliphatic carbocycles. The summed E-state index contributed by atoms with van der Waals surface area (Å²) in [5.74, 6) is -0.0804. The molecule has 120 valence electrons. The summed E-state index contributed by atoms with van der Waals surface area (Å²) in [7, 11) is 1.83. The van der Waals surface area contributed by atoms with Crippen molar-refractivity contribution in [1.82, 2.24) is 10.2 Å². The van der Waals surface area contributed by atoms with Gasteiger partial charge in [-0.15, -0.1) is 0 Å². The van der Waals surface area contributed by atoms with Gasteiger partial charge in [-0.1, -0.05) is 37.6 Å². The Morgan fingerprint density at radius 3 is 2.59 bits per heavy atom. The largest absolute Gasteiger partial charge is 0.352 e. The Bertz CT molecular complexity index is 510. The second kappa shape index (κ2) is 7.97. The number of amides is 2. The average molecular weight is 302 g/mol. The van der Waals surface area contributed by atoms with E-state index in [9.17, 15) is 9.59 Å². The number of nitrogens with zero attached hydrogens (tertiary/aromatic N) is 1. The van der Waals surface area contributed by atoms with Crippen LogP contribution in [0.5, 0.6) is 0 Å². The Hall–Kier alpha value is -1.84. The molecule has 1 heterocycles. The molecule has 1 saturated heterocycles. The number of likely N-dealkylation sites (tertiary alicyclic amines) is 1. The number of benzene rings is 1. The molecule has 4 heteroatoms. The standard InChI is InChI=1S/C18H26N2O2/c1-3-14-7-9-15(10-8-14)13-19-17(21)12-16-6-4-5-11-20(2)18(16)22/h7-10,16H,3-6,11-13H2,1-2H3,(H,19,21). The molecule has 0 spiro atoms. The summed E-state index contributed by atoms with van der Waals surface area (Å²) in [6.45, 7) is 3.46. The highest BCUT2D eigenvalue weighted by Gasteiger charge is 2.26. The van der Waals surface area contributed by atoms with E-state index in [0.717, 1.165) is 37.8 Å². The summed E-state index contributed by atoms with van der Waals surface area (Å²) < 4.78 is 0. The van der Waals surface area contributed by atoms with Gasteiger partial charge in [-0.05, 0) is 30.4 Å². The lowest BCUT2D eigenvalue weighted by atomic mass is 9.98. The van der Waals surface area contributed by atoms with Crippen LogP contribution in [-0.4, -0.2) is 30.3 Å². The van der Waals surface area contributed by atoms with Crippen LogP contribution in [0.2, 0.25) is 0 Å². The van der Waals surface area contributed by atoms with Crippen LogP contribution in [0.3, 0.4) is 0 Å². The maximum Gasteiger partial charge on any atom is 0.225 e. The van der Waals surface area contributed by atoms with E-state index in [1.807, 2.05) is 19.2 Å². The van der Waals surface area contributed by atoms with Gasteiger partial charge in [0.1, 0.15) is 0 Å². The zero-order chi connectivity index (χ0) is 15.9. The molecule has 1 aliphatic heterocycles. The summed E-state index contributed by atoms with van der Waals surface area (Å²) in [6, 6.07) is 8.27. The molecule has 0 saturated carbocycles. The molecular formula is C18H26N2O2. The lowest BCUT2D eigenvalue weighted by molar-refractivity contribution is -0.136. The molecule has 1 atom stereocenters. The first kappa shape index (κ1) is 16.5. The van der Waals surface area contributed by atoms with Crippen molar-refractivity contribution < 1.29 is 9.59 Å². The van der Waals surface area contributed by atoms with Crippen LogP contribution in [0.4, 0.5) is 0 Å². The fourth-order valence-electron chi connectivity index (χ4n) is 2.86. The molecule has 0 bridgehead atoms. The van der Waals surface area contributed by atoms with E-state index in [1.165, 1.54) is 5.56 Å². The minimum absolute atomic E-state index is 0.0341. The summed E-state index contributed by atoms with van der Waals surface area (Å²) in [5, 5.41) is 2.93. The van der Waals surface area contributed by atoms with Crippen LogP contribution in [0.15, 0.2) is 24.3 Å². The van der Waals surface area contributed by atoms with Crippen molar-refractivity contribution in [3.63, 3.8) is 0 Å². The van der Waals surface area contributed by atoms with Crippen molar-refractivity contribution in [2.45, 2.75) is 45.6 Å². The minimum Gasteiger partial charge on any atom is -0.352 e. The lowest BCUT2D eigenvalue weighted by Gasteiger charge is -2.19. The predicted octanol–water partition coefficient (Wildman–Crippen LogP) is 2.51. The van der Waals surface area contributed by atoms with Crippen molar-refractivity contribution in [2.24, 2.45) is 5.92 Å². The Balaban J connectivity index is 1.82. The molecule has 4 nitrogen and oxygen atoms in total. The third kappa shape index (κ3) is 4.58. The second-order valence-electron chi connectivity index (χ2n) is 6.10. The smallest absolute Gasteiger partial charge is 0.225 e. The third-order valence-corrected chi connectivity index (χ3v) is 4.37. The Morgan fingerprint density at radius 1 is 1.23 bits per heavy atom. The maximum absolute atomic E-state index is 12.2. The van der Waals surface area contributed by atoms with E-state index >= 15 is 0 Å². The number of hydrogen-bond donors (Lipinski definition) is 1. The highest BCUT2D eigenvalue weighted by atomic mass is 16.2. The van der Waals surface area contributed by atoms with Crippen molar-refractivity contribution >= 4 is 11.8 Å². The number of rotatable bonds is 5. The highest BCUT2D eigenvalue weighted by molar-refractivity contribution is 5.85. The topological polar surface area (TPSA) is 49.4 Å². The normalized spacial score (nSPS) is 18.9. The summed E-state index contributed by atoms with van der Waals surface area (Å²) in [6.07, 6.45) is 4.19. The van der Waals surface area contributed by atoms with E-state index in [1.54, 1.807) is 4.90 Å².